The number of nitrogens with zero attached hydrogens (tertiary/aromatic N) is 2. The molecule has 14 heavy (non-hydrogen) atoms. The Balaban J connectivity index is 2.00. The third-order valence-corrected chi connectivity index (χ3v) is 3.40. The van der Waals surface area contributed by atoms with Gasteiger partial charge in [-0.15, -0.1) is 0 Å². The lowest BCUT2D eigenvalue weighted by Gasteiger charge is -2.11. The maximum absolute atomic E-state index is 4.48. The van der Waals surface area contributed by atoms with E-state index >= 15 is 0 Å². The van der Waals surface area contributed by atoms with Crippen LogP contribution in [0.25, 0.3) is 0 Å². The monoisotopic (exact) mass is 189 g/mol. The zero-order chi connectivity index (χ0) is 9.38. The van der Waals surface area contributed by atoms with Crippen LogP contribution in [-0.4, -0.2) is 9.97 Å². The topological polar surface area (TPSA) is 37.8 Å². The van der Waals surface area contributed by atoms with Crippen LogP contribution in [0.4, 0.5) is 0 Å². The third-order valence-electron chi connectivity index (χ3n) is 3.40. The Hall–Kier alpha value is -0.960. The zero-order valence-corrected chi connectivity index (χ0v) is 8.29. The predicted octanol–water partition coefficient (Wildman–Crippen LogP) is 1.74. The van der Waals surface area contributed by atoms with E-state index in [2.05, 4.69) is 15.3 Å². The van der Waals surface area contributed by atoms with Gasteiger partial charge in [0.1, 0.15) is 6.33 Å². The summed E-state index contributed by atoms with van der Waals surface area (Å²) in [5, 5.41) is 3.35. The van der Waals surface area contributed by atoms with Gasteiger partial charge in [0, 0.05) is 24.6 Å². The van der Waals surface area contributed by atoms with E-state index in [1.807, 2.05) is 0 Å². The molecule has 3 nitrogen and oxygen atoms in total. The second-order valence-corrected chi connectivity index (χ2v) is 4.27. The first-order chi connectivity index (χ1) is 6.95. The SMILES string of the molecule is c1nc2c(c(C3CCCC3)n1)CNC2. The molecule has 0 spiro atoms. The molecule has 1 aromatic heterocycles. The van der Waals surface area contributed by atoms with Gasteiger partial charge in [0.25, 0.3) is 0 Å². The summed E-state index contributed by atoms with van der Waals surface area (Å²) < 4.78 is 0. The molecule has 1 aliphatic carbocycles. The summed E-state index contributed by atoms with van der Waals surface area (Å²) in [4.78, 5) is 8.80. The molecule has 74 valence electrons. The number of nitrogens with one attached hydrogen (secondary N) is 1. The summed E-state index contributed by atoms with van der Waals surface area (Å²) in [5.41, 5.74) is 3.94. The molecule has 0 atom stereocenters. The zero-order valence-electron chi connectivity index (χ0n) is 8.29. The molecule has 1 fully saturated rings. The minimum atomic E-state index is 0.714. The van der Waals surface area contributed by atoms with Gasteiger partial charge in [-0.25, -0.2) is 9.97 Å². The average molecular weight is 189 g/mol. The Labute approximate surface area is 84.0 Å². The second kappa shape index (κ2) is 3.31. The number of hydrogen-bond donors (Lipinski definition) is 1. The van der Waals surface area contributed by atoms with Crippen molar-refractivity contribution in [1.29, 1.82) is 0 Å². The Kier molecular flexibility index (Phi) is 1.98. The van der Waals surface area contributed by atoms with Crippen LogP contribution < -0.4 is 5.32 Å². The number of fused-ring (bicyclic) bond motifs is 1. The molecule has 0 amide bonds. The van der Waals surface area contributed by atoms with E-state index in [9.17, 15) is 0 Å². The molecule has 3 rings (SSSR count). The van der Waals surface area contributed by atoms with Crippen LogP contribution in [0.2, 0.25) is 0 Å². The quantitative estimate of drug-likeness (QED) is 0.731. The summed E-state index contributed by atoms with van der Waals surface area (Å²) in [6, 6.07) is 0. The largest absolute Gasteiger partial charge is 0.307 e. The maximum atomic E-state index is 4.48. The van der Waals surface area contributed by atoms with Crippen molar-refractivity contribution in [2.75, 3.05) is 0 Å². The van der Waals surface area contributed by atoms with Gasteiger partial charge in [0.2, 0.25) is 0 Å². The average Bonchev–Trinajstić information content (AvgIpc) is 2.88. The highest BCUT2D eigenvalue weighted by atomic mass is 15.0. The fourth-order valence-electron chi connectivity index (χ4n) is 2.67. The van der Waals surface area contributed by atoms with Gasteiger partial charge >= 0.3 is 0 Å². The van der Waals surface area contributed by atoms with Gasteiger partial charge in [-0.05, 0) is 12.8 Å². The van der Waals surface area contributed by atoms with E-state index in [1.54, 1.807) is 6.33 Å². The molecule has 0 radical (unpaired) electrons. The fourth-order valence-corrected chi connectivity index (χ4v) is 2.67. The van der Waals surface area contributed by atoms with E-state index in [0.717, 1.165) is 13.1 Å². The predicted molar refractivity (Wildman–Crippen MR) is 53.8 cm³/mol. The van der Waals surface area contributed by atoms with Gasteiger partial charge in [-0.1, -0.05) is 12.8 Å². The van der Waals surface area contributed by atoms with Crippen molar-refractivity contribution in [3.05, 3.63) is 23.3 Å². The Morgan fingerprint density at radius 1 is 1.14 bits per heavy atom. The first kappa shape index (κ1) is 8.36. The maximum Gasteiger partial charge on any atom is 0.116 e. The van der Waals surface area contributed by atoms with E-state index in [1.165, 1.54) is 42.6 Å². The van der Waals surface area contributed by atoms with Crippen LogP contribution in [0, 0.1) is 0 Å². The standard InChI is InChI=1S/C11H15N3/c1-2-4-8(3-1)11-9-5-12-6-10(9)13-7-14-11/h7-8,12H,1-6H2. The molecule has 0 unspecified atom stereocenters. The molecule has 2 heterocycles. The summed E-state index contributed by atoms with van der Waals surface area (Å²) in [6.45, 7) is 1.90. The van der Waals surface area contributed by atoms with Crippen LogP contribution >= 0.6 is 0 Å². The van der Waals surface area contributed by atoms with E-state index in [-0.39, 0.29) is 0 Å². The van der Waals surface area contributed by atoms with Crippen LogP contribution in [0.1, 0.15) is 48.6 Å². The van der Waals surface area contributed by atoms with Crippen molar-refractivity contribution in [3.8, 4) is 0 Å². The third kappa shape index (κ3) is 1.23. The van der Waals surface area contributed by atoms with E-state index in [0.29, 0.717) is 5.92 Å². The van der Waals surface area contributed by atoms with Crippen LogP contribution in [0.5, 0.6) is 0 Å². The molecule has 1 saturated carbocycles. The van der Waals surface area contributed by atoms with Gasteiger partial charge in [-0.3, -0.25) is 0 Å². The van der Waals surface area contributed by atoms with Crippen molar-refractivity contribution in [1.82, 2.24) is 15.3 Å². The molecule has 0 bridgehead atoms. The number of aromatic nitrogens is 2. The van der Waals surface area contributed by atoms with Crippen LogP contribution in [0.3, 0.4) is 0 Å². The molecule has 2 aliphatic rings. The lowest BCUT2D eigenvalue weighted by atomic mass is 9.99. The Morgan fingerprint density at radius 2 is 2.00 bits per heavy atom. The minimum absolute atomic E-state index is 0.714. The summed E-state index contributed by atoms with van der Waals surface area (Å²) in [6.07, 6.45) is 7.13. The van der Waals surface area contributed by atoms with Crippen molar-refractivity contribution in [2.45, 2.75) is 44.7 Å². The molecule has 0 saturated heterocycles. The Bertz CT molecular complexity index is 342. The second-order valence-electron chi connectivity index (χ2n) is 4.27. The van der Waals surface area contributed by atoms with E-state index in [4.69, 9.17) is 0 Å². The minimum Gasteiger partial charge on any atom is -0.307 e. The van der Waals surface area contributed by atoms with Gasteiger partial charge in [0.05, 0.1) is 11.4 Å². The van der Waals surface area contributed by atoms with Gasteiger partial charge in [-0.2, -0.15) is 0 Å². The summed E-state index contributed by atoms with van der Waals surface area (Å²) in [5.74, 6) is 0.714. The highest BCUT2D eigenvalue weighted by Crippen LogP contribution is 2.35. The molecular formula is C11H15N3. The fraction of sp³-hybridized carbons (Fsp3) is 0.636. The van der Waals surface area contributed by atoms with Crippen LogP contribution in [-0.2, 0) is 13.1 Å². The van der Waals surface area contributed by atoms with Crippen molar-refractivity contribution in [3.63, 3.8) is 0 Å². The van der Waals surface area contributed by atoms with Crippen molar-refractivity contribution >= 4 is 0 Å². The first-order valence-corrected chi connectivity index (χ1v) is 5.48. The Morgan fingerprint density at radius 3 is 2.86 bits per heavy atom. The van der Waals surface area contributed by atoms with Crippen LogP contribution in [0.15, 0.2) is 6.33 Å². The van der Waals surface area contributed by atoms with Crippen molar-refractivity contribution < 1.29 is 0 Å². The van der Waals surface area contributed by atoms with Gasteiger partial charge < -0.3 is 5.32 Å². The first-order valence-electron chi connectivity index (χ1n) is 5.48. The smallest absolute Gasteiger partial charge is 0.116 e. The summed E-state index contributed by atoms with van der Waals surface area (Å²) >= 11 is 0. The highest BCUT2D eigenvalue weighted by Gasteiger charge is 2.24. The van der Waals surface area contributed by atoms with E-state index < -0.39 is 0 Å². The molecule has 1 aromatic rings. The van der Waals surface area contributed by atoms with Crippen molar-refractivity contribution in [2.24, 2.45) is 0 Å². The molecule has 1 N–H and O–H groups in total. The molecular weight excluding hydrogens is 174 g/mol. The normalized spacial score (nSPS) is 21.4. The number of rotatable bonds is 1. The lowest BCUT2D eigenvalue weighted by Crippen LogP contribution is -2.04. The molecule has 1 aliphatic heterocycles. The molecule has 3 heteroatoms. The number of hydrogen-bond acceptors (Lipinski definition) is 3. The summed E-state index contributed by atoms with van der Waals surface area (Å²) in [7, 11) is 0. The molecule has 0 aromatic carbocycles. The lowest BCUT2D eigenvalue weighted by molar-refractivity contribution is 0.678. The van der Waals surface area contributed by atoms with Gasteiger partial charge in [0.15, 0.2) is 0 Å². The highest BCUT2D eigenvalue weighted by molar-refractivity contribution is 5.30.